The van der Waals surface area contributed by atoms with E-state index in [1.165, 1.54) is 11.1 Å². The second-order valence-electron chi connectivity index (χ2n) is 5.20. The molecule has 3 rings (SSSR count). The van der Waals surface area contributed by atoms with Crippen LogP contribution >= 0.6 is 0 Å². The van der Waals surface area contributed by atoms with E-state index in [0.29, 0.717) is 0 Å². The van der Waals surface area contributed by atoms with Crippen molar-refractivity contribution in [2.45, 2.75) is 6.92 Å². The molecule has 110 valence electrons. The monoisotopic (exact) mass is 289 g/mol. The molecule has 0 spiro atoms. The van der Waals surface area contributed by atoms with Gasteiger partial charge in [0.2, 0.25) is 0 Å². The highest BCUT2D eigenvalue weighted by atomic mass is 15.5. The number of aromatic nitrogens is 2. The number of pyridine rings is 1. The molecule has 0 atom stereocenters. The molecule has 2 heterocycles. The van der Waals surface area contributed by atoms with Crippen molar-refractivity contribution in [2.24, 2.45) is 0 Å². The van der Waals surface area contributed by atoms with Crippen molar-refractivity contribution >= 4 is 17.8 Å². The molecule has 0 aliphatic rings. The van der Waals surface area contributed by atoms with Gasteiger partial charge in [-0.05, 0) is 48.4 Å². The van der Waals surface area contributed by atoms with Gasteiger partial charge in [-0.15, -0.1) is 0 Å². The highest BCUT2D eigenvalue weighted by molar-refractivity contribution is 5.70. The van der Waals surface area contributed by atoms with E-state index >= 15 is 0 Å². The summed E-state index contributed by atoms with van der Waals surface area (Å²) in [4.78, 5) is 4.07. The minimum Gasteiger partial charge on any atom is -0.284 e. The van der Waals surface area contributed by atoms with Gasteiger partial charge in [0, 0.05) is 25.6 Å². The Balaban J connectivity index is 1.88. The maximum absolute atomic E-state index is 4.07. The van der Waals surface area contributed by atoms with Crippen LogP contribution < -0.4 is 5.01 Å². The quantitative estimate of drug-likeness (QED) is 0.715. The number of hydrogen-bond acceptors (Lipinski definition) is 2. The van der Waals surface area contributed by atoms with Crippen molar-refractivity contribution in [2.75, 3.05) is 12.1 Å². The molecule has 3 aromatic rings. The van der Waals surface area contributed by atoms with Crippen molar-refractivity contribution in [3.05, 3.63) is 83.9 Å². The topological polar surface area (TPSA) is 21.1 Å². The van der Waals surface area contributed by atoms with E-state index in [1.807, 2.05) is 19.2 Å². The molecule has 0 aliphatic carbocycles. The predicted molar refractivity (Wildman–Crippen MR) is 92.6 cm³/mol. The molecule has 0 fully saturated rings. The lowest BCUT2D eigenvalue weighted by atomic mass is 10.1. The molecule has 3 heteroatoms. The van der Waals surface area contributed by atoms with Gasteiger partial charge in [-0.3, -0.25) is 14.7 Å². The first kappa shape index (κ1) is 14.1. The highest BCUT2D eigenvalue weighted by Gasteiger charge is 2.05. The fraction of sp³-hybridized carbons (Fsp3) is 0.105. The Bertz CT molecular complexity index is 772. The van der Waals surface area contributed by atoms with Crippen LogP contribution in [0.15, 0.2) is 67.1 Å². The lowest BCUT2D eigenvalue weighted by Gasteiger charge is -2.22. The fourth-order valence-corrected chi connectivity index (χ4v) is 2.42. The maximum atomic E-state index is 4.07. The van der Waals surface area contributed by atoms with Crippen molar-refractivity contribution in [1.29, 1.82) is 0 Å². The zero-order chi connectivity index (χ0) is 15.4. The van der Waals surface area contributed by atoms with Gasteiger partial charge in [-0.25, -0.2) is 0 Å². The normalized spacial score (nSPS) is 11.0. The molecule has 0 radical (unpaired) electrons. The van der Waals surface area contributed by atoms with Gasteiger partial charge in [-0.2, -0.15) is 0 Å². The van der Waals surface area contributed by atoms with Crippen LogP contribution in [0.4, 0.5) is 5.69 Å². The standard InChI is InChI=1S/C19H19N3/c1-16-6-3-4-7-17(16)9-10-19-8-5-15-22(19)21(2)18-11-13-20-14-12-18/h3-15H,1-2H3. The summed E-state index contributed by atoms with van der Waals surface area (Å²) >= 11 is 0. The largest absolute Gasteiger partial charge is 0.284 e. The SMILES string of the molecule is Cc1ccccc1C=Cc1cccn1N(C)c1ccncc1. The Morgan fingerprint density at radius 1 is 0.955 bits per heavy atom. The molecule has 0 N–H and O–H groups in total. The lowest BCUT2D eigenvalue weighted by molar-refractivity contribution is 0.772. The minimum atomic E-state index is 1.09. The van der Waals surface area contributed by atoms with Gasteiger partial charge in [0.15, 0.2) is 0 Å². The van der Waals surface area contributed by atoms with Crippen LogP contribution in [0.3, 0.4) is 0 Å². The van der Waals surface area contributed by atoms with Crippen LogP contribution in [0, 0.1) is 6.92 Å². The first-order valence-corrected chi connectivity index (χ1v) is 7.31. The van der Waals surface area contributed by atoms with E-state index in [0.717, 1.165) is 11.4 Å². The first-order chi connectivity index (χ1) is 10.8. The predicted octanol–water partition coefficient (Wildman–Crippen LogP) is 4.26. The summed E-state index contributed by atoms with van der Waals surface area (Å²) in [5, 5.41) is 2.10. The zero-order valence-corrected chi connectivity index (χ0v) is 12.8. The second kappa shape index (κ2) is 6.31. The van der Waals surface area contributed by atoms with Gasteiger partial charge >= 0.3 is 0 Å². The summed E-state index contributed by atoms with van der Waals surface area (Å²) in [5.41, 5.74) is 4.74. The second-order valence-corrected chi connectivity index (χ2v) is 5.20. The molecule has 0 saturated heterocycles. The van der Waals surface area contributed by atoms with Gasteiger partial charge < -0.3 is 0 Å². The molecular formula is C19H19N3. The Labute approximate surface area is 131 Å². The van der Waals surface area contributed by atoms with Crippen LogP contribution in [-0.2, 0) is 0 Å². The average Bonchev–Trinajstić information content (AvgIpc) is 3.03. The Morgan fingerprint density at radius 2 is 1.73 bits per heavy atom. The minimum absolute atomic E-state index is 1.09. The number of aryl methyl sites for hydroxylation is 1. The van der Waals surface area contributed by atoms with Gasteiger partial charge in [0.1, 0.15) is 0 Å². The van der Waals surface area contributed by atoms with E-state index < -0.39 is 0 Å². The number of rotatable bonds is 4. The van der Waals surface area contributed by atoms with Crippen molar-refractivity contribution in [3.63, 3.8) is 0 Å². The molecule has 0 amide bonds. The zero-order valence-electron chi connectivity index (χ0n) is 12.8. The Kier molecular flexibility index (Phi) is 4.05. The Hall–Kier alpha value is -2.81. The first-order valence-electron chi connectivity index (χ1n) is 7.31. The maximum Gasteiger partial charge on any atom is 0.0626 e. The third-order valence-corrected chi connectivity index (χ3v) is 3.74. The van der Waals surface area contributed by atoms with Crippen LogP contribution in [0.1, 0.15) is 16.8 Å². The van der Waals surface area contributed by atoms with E-state index in [2.05, 4.69) is 76.3 Å². The lowest BCUT2D eigenvalue weighted by Crippen LogP contribution is -2.24. The molecule has 22 heavy (non-hydrogen) atoms. The molecule has 1 aromatic carbocycles. The van der Waals surface area contributed by atoms with Gasteiger partial charge in [-0.1, -0.05) is 30.3 Å². The molecule has 0 bridgehead atoms. The third-order valence-electron chi connectivity index (χ3n) is 3.74. The van der Waals surface area contributed by atoms with Crippen molar-refractivity contribution in [3.8, 4) is 0 Å². The average molecular weight is 289 g/mol. The van der Waals surface area contributed by atoms with Gasteiger partial charge in [0.25, 0.3) is 0 Å². The summed E-state index contributed by atoms with van der Waals surface area (Å²) < 4.78 is 2.12. The van der Waals surface area contributed by atoms with Crippen molar-refractivity contribution in [1.82, 2.24) is 9.66 Å². The van der Waals surface area contributed by atoms with E-state index in [-0.39, 0.29) is 0 Å². The molecule has 0 saturated carbocycles. The summed E-state index contributed by atoms with van der Waals surface area (Å²) in [6.07, 6.45) is 9.95. The highest BCUT2D eigenvalue weighted by Crippen LogP contribution is 2.17. The molecule has 0 unspecified atom stereocenters. The number of hydrogen-bond donors (Lipinski definition) is 0. The molecular weight excluding hydrogens is 270 g/mol. The smallest absolute Gasteiger partial charge is 0.0626 e. The van der Waals surface area contributed by atoms with Crippen molar-refractivity contribution < 1.29 is 0 Å². The molecule has 0 aliphatic heterocycles. The van der Waals surface area contributed by atoms with E-state index in [9.17, 15) is 0 Å². The summed E-state index contributed by atoms with van der Waals surface area (Å²) in [7, 11) is 2.04. The van der Waals surface area contributed by atoms with E-state index in [4.69, 9.17) is 0 Å². The summed E-state index contributed by atoms with van der Waals surface area (Å²) in [6, 6.07) is 16.5. The summed E-state index contributed by atoms with van der Waals surface area (Å²) in [5.74, 6) is 0. The Morgan fingerprint density at radius 3 is 2.50 bits per heavy atom. The molecule has 3 nitrogen and oxygen atoms in total. The van der Waals surface area contributed by atoms with Crippen LogP contribution in [0.2, 0.25) is 0 Å². The fourth-order valence-electron chi connectivity index (χ4n) is 2.42. The van der Waals surface area contributed by atoms with Crippen LogP contribution in [0.25, 0.3) is 12.2 Å². The third kappa shape index (κ3) is 2.93. The number of nitrogens with zero attached hydrogens (tertiary/aromatic N) is 3. The van der Waals surface area contributed by atoms with E-state index in [1.54, 1.807) is 12.4 Å². The number of benzene rings is 1. The summed E-state index contributed by atoms with van der Waals surface area (Å²) in [6.45, 7) is 2.13. The van der Waals surface area contributed by atoms with Gasteiger partial charge in [0.05, 0.1) is 11.4 Å². The van der Waals surface area contributed by atoms with Crippen LogP contribution in [0.5, 0.6) is 0 Å². The number of anilines is 1. The van der Waals surface area contributed by atoms with Crippen LogP contribution in [-0.4, -0.2) is 16.7 Å². The molecule has 2 aromatic heterocycles.